The molecule has 0 fully saturated rings. The number of ether oxygens (including phenoxy) is 1. The van der Waals surface area contributed by atoms with Crippen molar-refractivity contribution in [1.29, 1.82) is 5.26 Å². The molecule has 0 radical (unpaired) electrons. The third-order valence-electron chi connectivity index (χ3n) is 4.27. The lowest BCUT2D eigenvalue weighted by Crippen LogP contribution is -2.11. The van der Waals surface area contributed by atoms with E-state index in [4.69, 9.17) is 10.5 Å². The fourth-order valence-corrected chi connectivity index (χ4v) is 2.81. The number of aliphatic hydroxyl groups is 1. The van der Waals surface area contributed by atoms with Gasteiger partial charge in [0, 0.05) is 43.0 Å². The maximum Gasteiger partial charge on any atom is 0.219 e. The smallest absolute Gasteiger partial charge is 0.219 e. The number of hydrogen-bond donors (Lipinski definition) is 3. The molecule has 3 rings (SSSR count). The van der Waals surface area contributed by atoms with Gasteiger partial charge in [-0.25, -0.2) is 4.68 Å². The summed E-state index contributed by atoms with van der Waals surface area (Å²) in [6, 6.07) is 12.9. The number of anilines is 1. The van der Waals surface area contributed by atoms with Gasteiger partial charge in [0.25, 0.3) is 0 Å². The molecule has 0 bridgehead atoms. The molecule has 150 valence electrons. The van der Waals surface area contributed by atoms with Gasteiger partial charge in [-0.1, -0.05) is 6.07 Å². The molecule has 0 saturated carbocycles. The number of benzene rings is 1. The van der Waals surface area contributed by atoms with Crippen LogP contribution in [-0.2, 0) is 7.05 Å². The van der Waals surface area contributed by atoms with E-state index in [0.717, 1.165) is 5.56 Å². The summed E-state index contributed by atoms with van der Waals surface area (Å²) in [5.41, 5.74) is 7.99. The van der Waals surface area contributed by atoms with Crippen molar-refractivity contribution in [2.24, 2.45) is 12.8 Å². The van der Waals surface area contributed by atoms with Crippen LogP contribution in [0.5, 0.6) is 11.6 Å². The lowest BCUT2D eigenvalue weighted by Gasteiger charge is -2.12. The largest absolute Gasteiger partial charge is 0.438 e. The molecule has 2 aromatic heterocycles. The monoisotopic (exact) mass is 392 g/mol. The van der Waals surface area contributed by atoms with Crippen molar-refractivity contribution >= 4 is 5.82 Å². The van der Waals surface area contributed by atoms with Gasteiger partial charge >= 0.3 is 0 Å². The van der Waals surface area contributed by atoms with Gasteiger partial charge in [-0.2, -0.15) is 10.4 Å². The summed E-state index contributed by atoms with van der Waals surface area (Å²) in [5.74, 6) is 1.72. The molecule has 0 aliphatic heterocycles. The number of nitrogens with one attached hydrogen (secondary N) is 1. The molecule has 0 amide bonds. The van der Waals surface area contributed by atoms with Crippen LogP contribution in [0, 0.1) is 11.3 Å². The molecule has 8 heteroatoms. The number of aromatic nitrogens is 3. The van der Waals surface area contributed by atoms with Crippen LogP contribution in [0.25, 0.3) is 11.3 Å². The minimum atomic E-state index is -0.755. The van der Waals surface area contributed by atoms with Crippen molar-refractivity contribution < 1.29 is 9.84 Å². The Balaban J connectivity index is 1.96. The van der Waals surface area contributed by atoms with Crippen molar-refractivity contribution in [2.75, 3.05) is 11.9 Å². The van der Waals surface area contributed by atoms with E-state index in [9.17, 15) is 10.4 Å². The highest BCUT2D eigenvalue weighted by atomic mass is 16.5. The topological polar surface area (TPSA) is 122 Å². The molecule has 29 heavy (non-hydrogen) atoms. The number of rotatable bonds is 7. The number of nitrogens with zero attached hydrogens (tertiary/aromatic N) is 4. The van der Waals surface area contributed by atoms with E-state index < -0.39 is 6.10 Å². The number of hydrogen-bond acceptors (Lipinski definition) is 7. The predicted octanol–water partition coefficient (Wildman–Crippen LogP) is 2.96. The van der Waals surface area contributed by atoms with Crippen molar-refractivity contribution in [2.45, 2.75) is 26.0 Å². The quantitative estimate of drug-likeness (QED) is 0.565. The Kier molecular flexibility index (Phi) is 6.12. The summed E-state index contributed by atoms with van der Waals surface area (Å²) in [6.45, 7) is 4.18. The highest BCUT2D eigenvalue weighted by Gasteiger charge is 2.15. The molecular formula is C21H24N6O2. The summed E-state index contributed by atoms with van der Waals surface area (Å²) in [7, 11) is 1.79. The van der Waals surface area contributed by atoms with Crippen molar-refractivity contribution in [1.82, 2.24) is 14.8 Å². The van der Waals surface area contributed by atoms with E-state index in [2.05, 4.69) is 21.5 Å². The lowest BCUT2D eigenvalue weighted by atomic mass is 10.1. The predicted molar refractivity (Wildman–Crippen MR) is 110 cm³/mol. The summed E-state index contributed by atoms with van der Waals surface area (Å²) in [4.78, 5) is 4.43. The van der Waals surface area contributed by atoms with Gasteiger partial charge in [-0.15, -0.1) is 0 Å². The van der Waals surface area contributed by atoms with Gasteiger partial charge in [0.15, 0.2) is 5.82 Å². The molecule has 0 spiro atoms. The molecule has 2 heterocycles. The number of nitriles is 1. The third kappa shape index (κ3) is 4.71. The first-order chi connectivity index (χ1) is 13.9. The van der Waals surface area contributed by atoms with E-state index in [1.165, 1.54) is 0 Å². The zero-order valence-electron chi connectivity index (χ0n) is 16.6. The van der Waals surface area contributed by atoms with Crippen molar-refractivity contribution in [3.63, 3.8) is 0 Å². The van der Waals surface area contributed by atoms with Gasteiger partial charge in [-0.3, -0.25) is 4.98 Å². The Morgan fingerprint density at radius 1 is 1.28 bits per heavy atom. The lowest BCUT2D eigenvalue weighted by molar-refractivity contribution is 0.186. The van der Waals surface area contributed by atoms with Gasteiger partial charge in [-0.05, 0) is 38.1 Å². The molecule has 0 saturated heterocycles. The van der Waals surface area contributed by atoms with Gasteiger partial charge < -0.3 is 20.9 Å². The highest BCUT2D eigenvalue weighted by molar-refractivity contribution is 5.69. The molecule has 1 atom stereocenters. The van der Waals surface area contributed by atoms with E-state index >= 15 is 0 Å². The van der Waals surface area contributed by atoms with Crippen LogP contribution in [0.3, 0.4) is 0 Å². The summed E-state index contributed by atoms with van der Waals surface area (Å²) in [6.07, 6.45) is 0.832. The van der Waals surface area contributed by atoms with Crippen LogP contribution in [0.2, 0.25) is 0 Å². The normalized spacial score (nSPS) is 11.9. The Morgan fingerprint density at radius 3 is 2.69 bits per heavy atom. The van der Waals surface area contributed by atoms with Crippen molar-refractivity contribution in [3.05, 3.63) is 53.7 Å². The number of aryl methyl sites for hydroxylation is 1. The van der Waals surface area contributed by atoms with Crippen LogP contribution < -0.4 is 15.8 Å². The molecule has 8 nitrogen and oxygen atoms in total. The zero-order valence-corrected chi connectivity index (χ0v) is 16.6. The van der Waals surface area contributed by atoms with E-state index in [1.54, 1.807) is 54.3 Å². The van der Waals surface area contributed by atoms with Crippen LogP contribution in [-0.4, -0.2) is 32.5 Å². The van der Waals surface area contributed by atoms with E-state index in [-0.39, 0.29) is 12.6 Å². The molecule has 3 aromatic rings. The fourth-order valence-electron chi connectivity index (χ4n) is 2.81. The number of aliphatic hydroxyl groups excluding tert-OH is 1. The first-order valence-corrected chi connectivity index (χ1v) is 9.28. The minimum Gasteiger partial charge on any atom is -0.438 e. The maximum absolute atomic E-state index is 9.86. The van der Waals surface area contributed by atoms with Crippen molar-refractivity contribution in [3.8, 4) is 29.0 Å². The summed E-state index contributed by atoms with van der Waals surface area (Å²) >= 11 is 0. The SMILES string of the molecule is CC(C)Nc1cc(Oc2cc(C#N)ccc2-c2ccc(C(O)CN)cn2)n(C)n1. The standard InChI is InChI=1S/C21H24N6O2/c1-13(2)25-20-9-21(27(3)26-20)29-19-8-14(10-22)4-6-16(19)17-7-5-15(12-24-17)18(28)11-23/h4-9,12-13,18,28H,11,23H2,1-3H3,(H,25,26). The second-order valence-corrected chi connectivity index (χ2v) is 6.94. The second-order valence-electron chi connectivity index (χ2n) is 6.94. The van der Waals surface area contributed by atoms with E-state index in [1.807, 2.05) is 13.8 Å². The average Bonchev–Trinajstić information content (AvgIpc) is 3.05. The number of nitrogens with two attached hydrogens (primary N) is 1. The first-order valence-electron chi connectivity index (χ1n) is 9.28. The van der Waals surface area contributed by atoms with Crippen LogP contribution in [0.1, 0.15) is 31.1 Å². The molecule has 4 N–H and O–H groups in total. The Labute approximate surface area is 169 Å². The van der Waals surface area contributed by atoms with Gasteiger partial charge in [0.1, 0.15) is 5.75 Å². The molecule has 0 aliphatic carbocycles. The Bertz CT molecular complexity index is 1020. The molecule has 0 aliphatic rings. The van der Waals surface area contributed by atoms with Gasteiger partial charge in [0.05, 0.1) is 23.4 Å². The summed E-state index contributed by atoms with van der Waals surface area (Å²) < 4.78 is 7.72. The van der Waals surface area contributed by atoms with Gasteiger partial charge in [0.2, 0.25) is 5.88 Å². The molecule has 1 unspecified atom stereocenters. The molecular weight excluding hydrogens is 368 g/mol. The van der Waals surface area contributed by atoms with E-state index in [0.29, 0.717) is 34.3 Å². The Morgan fingerprint density at radius 2 is 2.07 bits per heavy atom. The summed E-state index contributed by atoms with van der Waals surface area (Å²) in [5, 5.41) is 26.8. The Hall–Kier alpha value is -3.41. The highest BCUT2D eigenvalue weighted by Crippen LogP contribution is 2.34. The maximum atomic E-state index is 9.86. The average molecular weight is 392 g/mol. The first kappa shape index (κ1) is 20.3. The second kappa shape index (κ2) is 8.73. The fraction of sp³-hybridized carbons (Fsp3) is 0.286. The third-order valence-corrected chi connectivity index (χ3v) is 4.27. The van der Waals surface area contributed by atoms with Crippen LogP contribution in [0.4, 0.5) is 5.82 Å². The minimum absolute atomic E-state index is 0.124. The number of pyridine rings is 1. The van der Waals surface area contributed by atoms with Crippen LogP contribution >= 0.6 is 0 Å². The van der Waals surface area contributed by atoms with Crippen LogP contribution in [0.15, 0.2) is 42.6 Å². The zero-order chi connectivity index (χ0) is 21.0. The molecule has 1 aromatic carbocycles.